The van der Waals surface area contributed by atoms with Crippen molar-refractivity contribution in [1.82, 2.24) is 0 Å². The molecule has 0 saturated heterocycles. The molecule has 0 aromatic heterocycles. The van der Waals surface area contributed by atoms with E-state index in [1.165, 1.54) is 0 Å². The number of rotatable bonds is 18. The normalized spacial score (nSPS) is 16.8. The summed E-state index contributed by atoms with van der Waals surface area (Å²) in [7, 11) is -5.17. The molecule has 0 amide bonds. The molecule has 7 heteroatoms. The molecule has 0 bridgehead atoms. The maximum Gasteiger partial charge on any atom is 2.00 e. The van der Waals surface area contributed by atoms with Crippen LogP contribution in [0.4, 0.5) is 0 Å². The van der Waals surface area contributed by atoms with E-state index in [-0.39, 0.29) is 27.8 Å². The Balaban J connectivity index is -0.000000490. The van der Waals surface area contributed by atoms with Crippen molar-refractivity contribution in [3.05, 3.63) is 0 Å². The van der Waals surface area contributed by atoms with Gasteiger partial charge in [-0.05, 0) is 37.5 Å². The van der Waals surface area contributed by atoms with E-state index < -0.39 is 16.1 Å². The van der Waals surface area contributed by atoms with Gasteiger partial charge in [-0.25, -0.2) is 0 Å². The van der Waals surface area contributed by atoms with E-state index in [0.29, 0.717) is 11.8 Å². The Hall–Kier alpha value is 0.874. The Morgan fingerprint density at radius 3 is 1.00 bits per heavy atom. The van der Waals surface area contributed by atoms with Crippen molar-refractivity contribution in [2.24, 2.45) is 11.8 Å². The van der Waals surface area contributed by atoms with E-state index >= 15 is 0 Å². The van der Waals surface area contributed by atoms with Gasteiger partial charge in [0.15, 0.2) is 0 Å². The average molecular weight is 525 g/mol. The minimum atomic E-state index is -2.59. The molecule has 0 saturated carbocycles. The summed E-state index contributed by atoms with van der Waals surface area (Å²) in [5.74, 6) is 0.806. The van der Waals surface area contributed by atoms with Gasteiger partial charge in [0, 0.05) is 27.4 Å². The van der Waals surface area contributed by atoms with Crippen LogP contribution in [0.25, 0.3) is 0 Å². The van der Waals surface area contributed by atoms with Crippen molar-refractivity contribution < 1.29 is 35.4 Å². The van der Waals surface area contributed by atoms with Crippen LogP contribution >= 0.6 is 16.1 Å². The van der Waals surface area contributed by atoms with Crippen LogP contribution in [0.3, 0.4) is 0 Å². The van der Waals surface area contributed by atoms with Gasteiger partial charge in [0.25, 0.3) is 0 Å². The zero-order valence-electron chi connectivity index (χ0n) is 21.2. The van der Waals surface area contributed by atoms with E-state index in [4.69, 9.17) is 0 Å². The molecule has 0 aromatic rings. The van der Waals surface area contributed by atoms with Crippen LogP contribution in [0.1, 0.15) is 131 Å². The third-order valence-corrected chi connectivity index (χ3v) is 9.12. The SMILES string of the molecule is CCCCC(CC)C(CCCC)[PH](=O)[O-].CCCCC(CC)C(CCCC)[PH](=O)[O-].[Ni+2]. The van der Waals surface area contributed by atoms with Crippen LogP contribution < -0.4 is 9.79 Å². The summed E-state index contributed by atoms with van der Waals surface area (Å²) in [6.07, 6.45) is 14.9. The van der Waals surface area contributed by atoms with Gasteiger partial charge < -0.3 is 18.9 Å². The molecule has 0 heterocycles. The van der Waals surface area contributed by atoms with Crippen molar-refractivity contribution in [2.75, 3.05) is 0 Å². The van der Waals surface area contributed by atoms with Crippen LogP contribution in [0, 0.1) is 11.8 Å². The maximum absolute atomic E-state index is 11.2. The van der Waals surface area contributed by atoms with Crippen molar-refractivity contribution in [3.8, 4) is 0 Å². The summed E-state index contributed by atoms with van der Waals surface area (Å²) in [5, 5.41) is 0. The smallest absolute Gasteiger partial charge is 0.801 e. The van der Waals surface area contributed by atoms with Crippen LogP contribution in [0.15, 0.2) is 0 Å². The first-order valence-corrected chi connectivity index (χ1v) is 15.5. The van der Waals surface area contributed by atoms with Crippen molar-refractivity contribution in [2.45, 2.75) is 143 Å². The molecular weight excluding hydrogens is 473 g/mol. The quantitative estimate of drug-likeness (QED) is 0.140. The first kappa shape index (κ1) is 36.4. The van der Waals surface area contributed by atoms with E-state index in [1.807, 2.05) is 0 Å². The molecule has 192 valence electrons. The molecule has 0 aliphatic carbocycles. The predicted molar refractivity (Wildman–Crippen MR) is 131 cm³/mol. The van der Waals surface area contributed by atoms with Crippen LogP contribution in [-0.4, -0.2) is 11.3 Å². The molecule has 0 aromatic carbocycles. The molecular formula is C24H52NiO4P2. The zero-order chi connectivity index (χ0) is 23.4. The first-order chi connectivity index (χ1) is 14.3. The van der Waals surface area contributed by atoms with Crippen LogP contribution in [-0.2, 0) is 25.6 Å². The monoisotopic (exact) mass is 524 g/mol. The Labute approximate surface area is 205 Å². The molecule has 0 rings (SSSR count). The largest absolute Gasteiger partial charge is 2.00 e. The van der Waals surface area contributed by atoms with Gasteiger partial charge in [-0.15, -0.1) is 0 Å². The van der Waals surface area contributed by atoms with E-state index in [2.05, 4.69) is 41.5 Å². The van der Waals surface area contributed by atoms with Gasteiger partial charge in [-0.1, -0.05) is 106 Å². The number of hydrogen-bond donors (Lipinski definition) is 0. The molecule has 0 spiro atoms. The summed E-state index contributed by atoms with van der Waals surface area (Å²) in [4.78, 5) is 22.5. The summed E-state index contributed by atoms with van der Waals surface area (Å²) in [6.45, 7) is 12.8. The Kier molecular flexibility index (Phi) is 30.0. The fraction of sp³-hybridized carbons (Fsp3) is 1.00. The number of unbranched alkanes of at least 4 members (excludes halogenated alkanes) is 4. The third-order valence-electron chi connectivity index (χ3n) is 6.39. The standard InChI is InChI=1S/2C12H27O2P.Ni/c2*1-4-7-9-11(6-3)12(15(13)14)10-8-5-2;/h2*11-12,15H,4-10H2,1-3H3,(H,13,14);/q;;+2/p-2. The van der Waals surface area contributed by atoms with Gasteiger partial charge >= 0.3 is 16.5 Å². The van der Waals surface area contributed by atoms with Crippen LogP contribution in [0.5, 0.6) is 0 Å². The molecule has 0 aliphatic rings. The number of hydrogen-bond acceptors (Lipinski definition) is 4. The first-order valence-electron chi connectivity index (χ1n) is 12.8. The van der Waals surface area contributed by atoms with Crippen molar-refractivity contribution in [3.63, 3.8) is 0 Å². The zero-order valence-corrected chi connectivity index (χ0v) is 24.1. The predicted octanol–water partition coefficient (Wildman–Crippen LogP) is 7.19. The van der Waals surface area contributed by atoms with Crippen molar-refractivity contribution in [1.29, 1.82) is 0 Å². The van der Waals surface area contributed by atoms with Gasteiger partial charge in [-0.3, -0.25) is 0 Å². The Bertz CT molecular complexity index is 386. The van der Waals surface area contributed by atoms with Crippen molar-refractivity contribution >= 4 is 16.1 Å². The summed E-state index contributed by atoms with van der Waals surface area (Å²) in [5.41, 5.74) is -0.0713. The van der Waals surface area contributed by atoms with Gasteiger partial charge in [-0.2, -0.15) is 0 Å². The summed E-state index contributed by atoms with van der Waals surface area (Å²) >= 11 is 0. The third kappa shape index (κ3) is 18.9. The van der Waals surface area contributed by atoms with E-state index in [1.54, 1.807) is 0 Å². The van der Waals surface area contributed by atoms with Crippen LogP contribution in [0.2, 0.25) is 0 Å². The second-order valence-electron chi connectivity index (χ2n) is 8.76. The molecule has 31 heavy (non-hydrogen) atoms. The second kappa shape index (κ2) is 25.5. The Morgan fingerprint density at radius 1 is 0.548 bits per heavy atom. The minimum absolute atomic E-state index is 0. The molecule has 0 N–H and O–H groups in total. The fourth-order valence-electron chi connectivity index (χ4n) is 4.25. The second-order valence-corrected chi connectivity index (χ2v) is 11.5. The maximum atomic E-state index is 11.2. The molecule has 0 aliphatic heterocycles. The fourth-order valence-corrected chi connectivity index (χ4v) is 6.71. The van der Waals surface area contributed by atoms with Gasteiger partial charge in [0.05, 0.1) is 0 Å². The Morgan fingerprint density at radius 2 is 0.806 bits per heavy atom. The topological polar surface area (TPSA) is 80.3 Å². The molecule has 4 nitrogen and oxygen atoms in total. The average Bonchev–Trinajstić information content (AvgIpc) is 2.72. The molecule has 6 unspecified atom stereocenters. The van der Waals surface area contributed by atoms with Gasteiger partial charge in [0.2, 0.25) is 0 Å². The minimum Gasteiger partial charge on any atom is -0.801 e. The summed E-state index contributed by atoms with van der Waals surface area (Å²) < 4.78 is 22.5. The van der Waals surface area contributed by atoms with Gasteiger partial charge in [0.1, 0.15) is 0 Å². The van der Waals surface area contributed by atoms with E-state index in [0.717, 1.165) is 89.9 Å². The molecule has 0 radical (unpaired) electrons. The summed E-state index contributed by atoms with van der Waals surface area (Å²) in [6, 6.07) is 0. The van der Waals surface area contributed by atoms with E-state index in [9.17, 15) is 18.9 Å². The molecule has 0 fully saturated rings. The molecule has 6 atom stereocenters.